The van der Waals surface area contributed by atoms with Gasteiger partial charge in [-0.05, 0) is 27.2 Å². The molecular formula is C12H22N2O3. The second-order valence-corrected chi connectivity index (χ2v) is 5.96. The van der Waals surface area contributed by atoms with E-state index in [0.717, 1.165) is 19.5 Å². The summed E-state index contributed by atoms with van der Waals surface area (Å²) in [6.07, 6.45) is 0.288. The third kappa shape index (κ3) is 3.10. The highest BCUT2D eigenvalue weighted by Crippen LogP contribution is 2.23. The molecule has 0 aliphatic carbocycles. The van der Waals surface area contributed by atoms with E-state index in [1.54, 1.807) is 4.90 Å². The van der Waals surface area contributed by atoms with Gasteiger partial charge in [0.15, 0.2) is 0 Å². The van der Waals surface area contributed by atoms with Gasteiger partial charge in [0.05, 0.1) is 6.10 Å². The van der Waals surface area contributed by atoms with Gasteiger partial charge in [0.1, 0.15) is 5.60 Å². The molecule has 2 atom stereocenters. The highest BCUT2D eigenvalue weighted by atomic mass is 16.6. The summed E-state index contributed by atoms with van der Waals surface area (Å²) in [4.78, 5) is 15.9. The highest BCUT2D eigenvalue weighted by molar-refractivity contribution is 5.68. The molecule has 17 heavy (non-hydrogen) atoms. The van der Waals surface area contributed by atoms with Crippen LogP contribution < -0.4 is 0 Å². The van der Waals surface area contributed by atoms with E-state index in [9.17, 15) is 9.90 Å². The monoisotopic (exact) mass is 242 g/mol. The molecule has 0 aromatic rings. The first-order valence-electron chi connectivity index (χ1n) is 6.25. The number of piperazine rings is 1. The predicted octanol–water partition coefficient (Wildman–Crippen LogP) is 0.672. The zero-order chi connectivity index (χ0) is 12.6. The maximum Gasteiger partial charge on any atom is 0.410 e. The smallest absolute Gasteiger partial charge is 0.410 e. The molecule has 98 valence electrons. The predicted molar refractivity (Wildman–Crippen MR) is 63.8 cm³/mol. The Hall–Kier alpha value is -0.810. The molecule has 0 aromatic carbocycles. The fourth-order valence-corrected chi connectivity index (χ4v) is 2.51. The van der Waals surface area contributed by atoms with Crippen molar-refractivity contribution >= 4 is 6.09 Å². The summed E-state index contributed by atoms with van der Waals surface area (Å²) in [5.41, 5.74) is -0.441. The van der Waals surface area contributed by atoms with Gasteiger partial charge < -0.3 is 14.7 Å². The van der Waals surface area contributed by atoms with Crippen LogP contribution in [0.2, 0.25) is 0 Å². The third-order valence-electron chi connectivity index (χ3n) is 3.25. The number of nitrogens with zero attached hydrogens (tertiary/aromatic N) is 2. The first kappa shape index (κ1) is 12.6. The topological polar surface area (TPSA) is 53.0 Å². The molecule has 2 saturated heterocycles. The van der Waals surface area contributed by atoms with Gasteiger partial charge in [0.2, 0.25) is 0 Å². The second kappa shape index (κ2) is 4.46. The first-order chi connectivity index (χ1) is 7.85. The lowest BCUT2D eigenvalue weighted by Gasteiger charge is -2.37. The van der Waals surface area contributed by atoms with Crippen LogP contribution in [0.25, 0.3) is 0 Å². The molecule has 1 N–H and O–H groups in total. The van der Waals surface area contributed by atoms with Crippen molar-refractivity contribution in [1.29, 1.82) is 0 Å². The number of carbonyl (C=O) groups is 1. The minimum atomic E-state index is -0.441. The largest absolute Gasteiger partial charge is 0.444 e. The molecule has 0 aromatic heterocycles. The minimum Gasteiger partial charge on any atom is -0.444 e. The van der Waals surface area contributed by atoms with Crippen LogP contribution in [0.4, 0.5) is 4.79 Å². The molecule has 5 heteroatoms. The zero-order valence-corrected chi connectivity index (χ0v) is 10.8. The van der Waals surface area contributed by atoms with Crippen molar-refractivity contribution in [3.05, 3.63) is 0 Å². The average Bonchev–Trinajstić information content (AvgIpc) is 2.53. The Morgan fingerprint density at radius 1 is 1.29 bits per heavy atom. The van der Waals surface area contributed by atoms with Crippen molar-refractivity contribution in [3.8, 4) is 0 Å². The van der Waals surface area contributed by atoms with Gasteiger partial charge in [0.25, 0.3) is 0 Å². The van der Waals surface area contributed by atoms with E-state index in [2.05, 4.69) is 4.90 Å². The molecule has 0 saturated carbocycles. The van der Waals surface area contributed by atoms with Gasteiger partial charge in [-0.25, -0.2) is 4.79 Å². The molecule has 2 heterocycles. The van der Waals surface area contributed by atoms with E-state index in [1.807, 2.05) is 20.8 Å². The van der Waals surface area contributed by atoms with Crippen LogP contribution in [0.1, 0.15) is 27.2 Å². The van der Waals surface area contributed by atoms with Crippen molar-refractivity contribution in [2.75, 3.05) is 26.2 Å². The van der Waals surface area contributed by atoms with Crippen molar-refractivity contribution in [2.24, 2.45) is 0 Å². The van der Waals surface area contributed by atoms with Crippen LogP contribution in [0.3, 0.4) is 0 Å². The van der Waals surface area contributed by atoms with Gasteiger partial charge in [0, 0.05) is 32.2 Å². The van der Waals surface area contributed by atoms with E-state index in [1.165, 1.54) is 0 Å². The molecular weight excluding hydrogens is 220 g/mol. The molecule has 1 amide bonds. The normalized spacial score (nSPS) is 30.2. The van der Waals surface area contributed by atoms with Crippen LogP contribution in [-0.4, -0.2) is 64.9 Å². The standard InChI is InChI=1S/C12H22N2O3/c1-12(2,3)17-11(16)14-5-4-13-8-10(15)6-9(13)7-14/h9-10,15H,4-8H2,1-3H3/t9-,10?/m1/s1. The molecule has 0 radical (unpaired) electrons. The Bertz CT molecular complexity index is 301. The molecule has 0 bridgehead atoms. The lowest BCUT2D eigenvalue weighted by Crippen LogP contribution is -2.53. The number of carbonyl (C=O) groups excluding carboxylic acids is 1. The third-order valence-corrected chi connectivity index (χ3v) is 3.25. The van der Waals surface area contributed by atoms with E-state index in [4.69, 9.17) is 4.74 Å². The fraction of sp³-hybridized carbons (Fsp3) is 0.917. The van der Waals surface area contributed by atoms with Gasteiger partial charge in [-0.1, -0.05) is 0 Å². The average molecular weight is 242 g/mol. The Kier molecular flexibility index (Phi) is 3.32. The van der Waals surface area contributed by atoms with E-state index in [-0.39, 0.29) is 12.2 Å². The van der Waals surface area contributed by atoms with Crippen LogP contribution in [0.15, 0.2) is 0 Å². The highest BCUT2D eigenvalue weighted by Gasteiger charge is 2.37. The molecule has 5 nitrogen and oxygen atoms in total. The molecule has 2 fully saturated rings. The second-order valence-electron chi connectivity index (χ2n) is 5.96. The number of aliphatic hydroxyl groups is 1. The molecule has 2 aliphatic heterocycles. The quantitative estimate of drug-likeness (QED) is 0.678. The Morgan fingerprint density at radius 3 is 2.65 bits per heavy atom. The van der Waals surface area contributed by atoms with Crippen molar-refractivity contribution in [2.45, 2.75) is 44.9 Å². The number of rotatable bonds is 0. The molecule has 0 spiro atoms. The van der Waals surface area contributed by atoms with Crippen LogP contribution in [0, 0.1) is 0 Å². The molecule has 2 aliphatic rings. The number of amides is 1. The number of hydrogen-bond acceptors (Lipinski definition) is 4. The zero-order valence-electron chi connectivity index (χ0n) is 10.8. The number of aliphatic hydroxyl groups excluding tert-OH is 1. The van der Waals surface area contributed by atoms with Crippen LogP contribution in [-0.2, 0) is 4.74 Å². The van der Waals surface area contributed by atoms with E-state index >= 15 is 0 Å². The van der Waals surface area contributed by atoms with Gasteiger partial charge in [-0.15, -0.1) is 0 Å². The summed E-state index contributed by atoms with van der Waals surface area (Å²) >= 11 is 0. The first-order valence-corrected chi connectivity index (χ1v) is 6.25. The van der Waals surface area contributed by atoms with E-state index in [0.29, 0.717) is 19.1 Å². The minimum absolute atomic E-state index is 0.237. The summed E-state index contributed by atoms with van der Waals surface area (Å²) in [5.74, 6) is 0. The summed E-state index contributed by atoms with van der Waals surface area (Å²) in [6.45, 7) is 8.57. The number of fused-ring (bicyclic) bond motifs is 1. The Morgan fingerprint density at radius 2 is 2.00 bits per heavy atom. The number of hydrogen-bond donors (Lipinski definition) is 1. The maximum atomic E-state index is 11.9. The summed E-state index contributed by atoms with van der Waals surface area (Å²) in [7, 11) is 0. The van der Waals surface area contributed by atoms with Gasteiger partial charge >= 0.3 is 6.09 Å². The van der Waals surface area contributed by atoms with Gasteiger partial charge in [-0.3, -0.25) is 4.90 Å². The summed E-state index contributed by atoms with van der Waals surface area (Å²) in [5, 5.41) is 9.59. The lowest BCUT2D eigenvalue weighted by atomic mass is 10.1. The lowest BCUT2D eigenvalue weighted by molar-refractivity contribution is 0.00921. The van der Waals surface area contributed by atoms with Crippen LogP contribution in [0.5, 0.6) is 0 Å². The Labute approximate surface area is 102 Å². The number of ether oxygens (including phenoxy) is 1. The van der Waals surface area contributed by atoms with E-state index < -0.39 is 5.60 Å². The fourth-order valence-electron chi connectivity index (χ4n) is 2.51. The summed E-state index contributed by atoms with van der Waals surface area (Å²) in [6, 6.07) is 0.297. The SMILES string of the molecule is CC(C)(C)OC(=O)N1CCN2CC(O)C[C@@H]2C1. The van der Waals surface area contributed by atoms with Crippen LogP contribution >= 0.6 is 0 Å². The Balaban J connectivity index is 1.90. The maximum absolute atomic E-state index is 11.9. The molecule has 2 rings (SSSR count). The van der Waals surface area contributed by atoms with Gasteiger partial charge in [-0.2, -0.15) is 0 Å². The van der Waals surface area contributed by atoms with Crippen molar-refractivity contribution in [1.82, 2.24) is 9.80 Å². The van der Waals surface area contributed by atoms with Crippen molar-refractivity contribution in [3.63, 3.8) is 0 Å². The molecule has 1 unspecified atom stereocenters. The van der Waals surface area contributed by atoms with Crippen molar-refractivity contribution < 1.29 is 14.6 Å². The summed E-state index contributed by atoms with van der Waals surface area (Å²) < 4.78 is 5.36.